The molecule has 0 atom stereocenters. The maximum Gasteiger partial charge on any atom is 0.387 e. The summed E-state index contributed by atoms with van der Waals surface area (Å²) in [5.74, 6) is -4.18. The third-order valence-corrected chi connectivity index (χ3v) is 3.68. The normalized spacial score (nSPS) is 10.6. The van der Waals surface area contributed by atoms with Crippen molar-refractivity contribution in [1.29, 1.82) is 0 Å². The largest absolute Gasteiger partial charge is 0.493 e. The SMILES string of the molecule is COc1cc(CCNC(=O)COC(=O)c2c(F)cccc2F)ccc1OC(F)F. The van der Waals surface area contributed by atoms with Crippen molar-refractivity contribution in [3.8, 4) is 11.5 Å². The van der Waals surface area contributed by atoms with E-state index in [4.69, 9.17) is 4.74 Å². The van der Waals surface area contributed by atoms with E-state index in [-0.39, 0.29) is 18.0 Å². The zero-order chi connectivity index (χ0) is 21.4. The van der Waals surface area contributed by atoms with Crippen LogP contribution in [0.25, 0.3) is 0 Å². The van der Waals surface area contributed by atoms with Crippen LogP contribution < -0.4 is 14.8 Å². The number of carbonyl (C=O) groups excluding carboxylic acids is 2. The Morgan fingerprint density at radius 2 is 1.76 bits per heavy atom. The maximum atomic E-state index is 13.5. The molecular weight excluding hydrogens is 398 g/mol. The summed E-state index contributed by atoms with van der Waals surface area (Å²) >= 11 is 0. The highest BCUT2D eigenvalue weighted by molar-refractivity contribution is 5.91. The summed E-state index contributed by atoms with van der Waals surface area (Å²) in [7, 11) is 1.30. The van der Waals surface area contributed by atoms with Crippen molar-refractivity contribution in [2.75, 3.05) is 20.3 Å². The van der Waals surface area contributed by atoms with Gasteiger partial charge in [-0.05, 0) is 36.2 Å². The van der Waals surface area contributed by atoms with Crippen molar-refractivity contribution in [3.63, 3.8) is 0 Å². The molecule has 0 saturated carbocycles. The lowest BCUT2D eigenvalue weighted by Crippen LogP contribution is -2.30. The van der Waals surface area contributed by atoms with Crippen LogP contribution in [0.2, 0.25) is 0 Å². The van der Waals surface area contributed by atoms with E-state index < -0.39 is 42.3 Å². The molecule has 10 heteroatoms. The molecule has 0 fully saturated rings. The number of nitrogens with one attached hydrogen (secondary N) is 1. The van der Waals surface area contributed by atoms with Crippen LogP contribution in [0.1, 0.15) is 15.9 Å². The van der Waals surface area contributed by atoms with E-state index in [9.17, 15) is 27.2 Å². The Balaban J connectivity index is 1.82. The van der Waals surface area contributed by atoms with Crippen LogP contribution in [-0.2, 0) is 16.0 Å². The number of hydrogen-bond donors (Lipinski definition) is 1. The molecular formula is C19H17F4NO5. The monoisotopic (exact) mass is 415 g/mol. The average molecular weight is 415 g/mol. The van der Waals surface area contributed by atoms with E-state index in [0.29, 0.717) is 12.0 Å². The highest BCUT2D eigenvalue weighted by atomic mass is 19.3. The third-order valence-electron chi connectivity index (χ3n) is 3.68. The maximum absolute atomic E-state index is 13.5. The minimum atomic E-state index is -2.99. The molecule has 2 aromatic carbocycles. The number of methoxy groups -OCH3 is 1. The molecule has 156 valence electrons. The minimum Gasteiger partial charge on any atom is -0.493 e. The lowest BCUT2D eigenvalue weighted by Gasteiger charge is -2.12. The number of halogens is 4. The number of esters is 1. The number of ether oxygens (including phenoxy) is 3. The Labute approximate surface area is 163 Å². The van der Waals surface area contributed by atoms with Crippen molar-refractivity contribution >= 4 is 11.9 Å². The van der Waals surface area contributed by atoms with Crippen molar-refractivity contribution in [2.24, 2.45) is 0 Å². The van der Waals surface area contributed by atoms with Gasteiger partial charge in [0.1, 0.15) is 17.2 Å². The van der Waals surface area contributed by atoms with Crippen molar-refractivity contribution in [2.45, 2.75) is 13.0 Å². The first kappa shape index (κ1) is 22.0. The molecule has 0 aliphatic carbocycles. The van der Waals surface area contributed by atoms with Gasteiger partial charge in [-0.15, -0.1) is 0 Å². The first-order chi connectivity index (χ1) is 13.8. The molecule has 0 spiro atoms. The fraction of sp³-hybridized carbons (Fsp3) is 0.263. The van der Waals surface area contributed by atoms with E-state index in [1.54, 1.807) is 0 Å². The van der Waals surface area contributed by atoms with Gasteiger partial charge in [0, 0.05) is 6.54 Å². The van der Waals surface area contributed by atoms with Crippen LogP contribution in [0.4, 0.5) is 17.6 Å². The average Bonchev–Trinajstić information content (AvgIpc) is 2.67. The zero-order valence-corrected chi connectivity index (χ0v) is 15.2. The van der Waals surface area contributed by atoms with Gasteiger partial charge in [-0.1, -0.05) is 12.1 Å². The summed E-state index contributed by atoms with van der Waals surface area (Å²) in [5, 5.41) is 2.46. The fourth-order valence-corrected chi connectivity index (χ4v) is 2.35. The lowest BCUT2D eigenvalue weighted by molar-refractivity contribution is -0.124. The van der Waals surface area contributed by atoms with E-state index in [1.807, 2.05) is 0 Å². The molecule has 29 heavy (non-hydrogen) atoms. The second-order valence-corrected chi connectivity index (χ2v) is 5.64. The first-order valence-electron chi connectivity index (χ1n) is 8.31. The van der Waals surface area contributed by atoms with E-state index in [1.165, 1.54) is 25.3 Å². The molecule has 6 nitrogen and oxygen atoms in total. The third kappa shape index (κ3) is 6.37. The summed E-state index contributed by atoms with van der Waals surface area (Å²) < 4.78 is 65.5. The van der Waals surface area contributed by atoms with Gasteiger partial charge in [0.2, 0.25) is 0 Å². The van der Waals surface area contributed by atoms with Gasteiger partial charge in [-0.2, -0.15) is 8.78 Å². The molecule has 2 aromatic rings. The highest BCUT2D eigenvalue weighted by Gasteiger charge is 2.19. The second kappa shape index (κ2) is 10.3. The standard InChI is InChI=1S/C19H17F4NO5/c1-27-15-9-11(5-6-14(15)29-19(22)23)7-8-24-16(25)10-28-18(26)17-12(20)3-2-4-13(17)21/h2-6,9,19H,7-8,10H2,1H3,(H,24,25). The molecule has 1 amide bonds. The molecule has 0 aliphatic heterocycles. The summed E-state index contributed by atoms with van der Waals surface area (Å²) in [5.41, 5.74) is -0.215. The van der Waals surface area contributed by atoms with Crippen LogP contribution >= 0.6 is 0 Å². The van der Waals surface area contributed by atoms with Gasteiger partial charge >= 0.3 is 12.6 Å². The Morgan fingerprint density at radius 1 is 1.07 bits per heavy atom. The zero-order valence-electron chi connectivity index (χ0n) is 15.2. The van der Waals surface area contributed by atoms with Gasteiger partial charge in [0.15, 0.2) is 18.1 Å². The van der Waals surface area contributed by atoms with E-state index >= 15 is 0 Å². The first-order valence-corrected chi connectivity index (χ1v) is 8.31. The summed E-state index contributed by atoms with van der Waals surface area (Å²) in [4.78, 5) is 23.4. The van der Waals surface area contributed by atoms with Gasteiger partial charge < -0.3 is 19.5 Å². The molecule has 0 saturated heterocycles. The van der Waals surface area contributed by atoms with E-state index in [0.717, 1.165) is 18.2 Å². The van der Waals surface area contributed by atoms with Gasteiger partial charge in [0.25, 0.3) is 5.91 Å². The van der Waals surface area contributed by atoms with Crippen molar-refractivity contribution in [1.82, 2.24) is 5.32 Å². The smallest absolute Gasteiger partial charge is 0.387 e. The number of benzene rings is 2. The highest BCUT2D eigenvalue weighted by Crippen LogP contribution is 2.29. The molecule has 0 bridgehead atoms. The molecule has 0 heterocycles. The lowest BCUT2D eigenvalue weighted by atomic mass is 10.1. The Bertz CT molecular complexity index is 855. The van der Waals surface area contributed by atoms with Crippen LogP contribution in [0.15, 0.2) is 36.4 Å². The van der Waals surface area contributed by atoms with Gasteiger partial charge in [-0.3, -0.25) is 4.79 Å². The minimum absolute atomic E-state index is 0.106. The van der Waals surface area contributed by atoms with Crippen molar-refractivity contribution < 1.29 is 41.4 Å². The van der Waals surface area contributed by atoms with Crippen molar-refractivity contribution in [3.05, 3.63) is 59.2 Å². The number of carbonyl (C=O) groups is 2. The Morgan fingerprint density at radius 3 is 2.38 bits per heavy atom. The summed E-state index contributed by atoms with van der Waals surface area (Å²) in [6.45, 7) is -3.59. The second-order valence-electron chi connectivity index (χ2n) is 5.64. The quantitative estimate of drug-likeness (QED) is 0.503. The molecule has 1 N–H and O–H groups in total. The van der Waals surface area contributed by atoms with Crippen LogP contribution in [0.5, 0.6) is 11.5 Å². The molecule has 0 aromatic heterocycles. The molecule has 0 radical (unpaired) electrons. The number of hydrogen-bond acceptors (Lipinski definition) is 5. The van der Waals surface area contributed by atoms with Crippen LogP contribution in [0, 0.1) is 11.6 Å². The number of rotatable bonds is 9. The number of amides is 1. The Kier molecular flexibility index (Phi) is 7.81. The fourth-order valence-electron chi connectivity index (χ4n) is 2.35. The van der Waals surface area contributed by atoms with E-state index in [2.05, 4.69) is 14.8 Å². The van der Waals surface area contributed by atoms with Gasteiger partial charge in [0.05, 0.1) is 7.11 Å². The predicted molar refractivity (Wildman–Crippen MR) is 93.0 cm³/mol. The van der Waals surface area contributed by atoms with Crippen LogP contribution in [0.3, 0.4) is 0 Å². The number of alkyl halides is 2. The Hall–Kier alpha value is -3.30. The van der Waals surface area contributed by atoms with Crippen LogP contribution in [-0.4, -0.2) is 38.7 Å². The topological polar surface area (TPSA) is 73.9 Å². The molecule has 0 aliphatic rings. The molecule has 0 unspecified atom stereocenters. The predicted octanol–water partition coefficient (Wildman–Crippen LogP) is 3.09. The van der Waals surface area contributed by atoms with Gasteiger partial charge in [-0.25, -0.2) is 13.6 Å². The molecule has 2 rings (SSSR count). The summed E-state index contributed by atoms with van der Waals surface area (Å²) in [6.07, 6.45) is 0.312. The summed E-state index contributed by atoms with van der Waals surface area (Å²) in [6, 6.07) is 7.19.